The van der Waals surface area contributed by atoms with Gasteiger partial charge in [-0.1, -0.05) is 12.5 Å². The molecule has 0 unspecified atom stereocenters. The largest absolute Gasteiger partial charge is 0.416 e. The van der Waals surface area contributed by atoms with Gasteiger partial charge in [0.1, 0.15) is 0 Å². The van der Waals surface area contributed by atoms with Crippen molar-refractivity contribution < 1.29 is 18.0 Å². The van der Waals surface area contributed by atoms with Gasteiger partial charge in [-0.15, -0.1) is 0 Å². The van der Waals surface area contributed by atoms with Gasteiger partial charge in [-0.25, -0.2) is 0 Å². The number of hydrogen-bond acceptors (Lipinski definition) is 2. The minimum atomic E-state index is -4.42. The quantitative estimate of drug-likeness (QED) is 0.859. The number of carbonyl (C=O) groups excluding carboxylic acids is 1. The van der Waals surface area contributed by atoms with Crippen molar-refractivity contribution in [3.05, 3.63) is 35.4 Å². The number of likely N-dealkylation sites (tertiary alicyclic amines) is 1. The average Bonchev–Trinajstić information content (AvgIpc) is 2.78. The molecule has 0 aromatic heterocycles. The highest BCUT2D eigenvalue weighted by molar-refractivity contribution is 5.94. The van der Waals surface area contributed by atoms with Crippen molar-refractivity contribution in [2.24, 2.45) is 5.92 Å². The van der Waals surface area contributed by atoms with E-state index in [2.05, 4.69) is 5.32 Å². The molecule has 0 saturated carbocycles. The third-order valence-corrected chi connectivity index (χ3v) is 4.87. The predicted molar refractivity (Wildman–Crippen MR) is 81.1 cm³/mol. The zero-order chi connectivity index (χ0) is 16.4. The fourth-order valence-electron chi connectivity index (χ4n) is 3.61. The first kappa shape index (κ1) is 16.3. The van der Waals surface area contributed by atoms with Crippen LogP contribution in [0.15, 0.2) is 24.3 Å². The summed E-state index contributed by atoms with van der Waals surface area (Å²) in [4.78, 5) is 14.3. The predicted octanol–water partition coefficient (Wildman–Crippen LogP) is 3.31. The maximum atomic E-state index is 12.8. The van der Waals surface area contributed by atoms with Gasteiger partial charge >= 0.3 is 6.18 Å². The number of amides is 1. The van der Waals surface area contributed by atoms with Crippen LogP contribution in [0.25, 0.3) is 0 Å². The molecule has 2 fully saturated rings. The molecule has 1 aromatic carbocycles. The van der Waals surface area contributed by atoms with E-state index in [1.807, 2.05) is 0 Å². The molecular formula is C17H21F3N2O. The van der Waals surface area contributed by atoms with Gasteiger partial charge < -0.3 is 10.2 Å². The Morgan fingerprint density at radius 1 is 1.22 bits per heavy atom. The van der Waals surface area contributed by atoms with Gasteiger partial charge in [0.05, 0.1) is 5.56 Å². The standard InChI is InChI=1S/C17H21F3N2O/c18-17(19,20)14-6-3-5-12(10-14)16(23)22-9-7-15-13(11-22)4-1-2-8-21-15/h3,5-6,10,13,15,21H,1-2,4,7-9,11H2/t13-,15-/m1/s1. The lowest BCUT2D eigenvalue weighted by atomic mass is 9.89. The number of halogens is 3. The van der Waals surface area contributed by atoms with E-state index in [0.717, 1.165) is 44.4 Å². The van der Waals surface area contributed by atoms with E-state index >= 15 is 0 Å². The number of rotatable bonds is 1. The third kappa shape index (κ3) is 3.68. The molecule has 0 spiro atoms. The van der Waals surface area contributed by atoms with Crippen molar-refractivity contribution in [1.82, 2.24) is 10.2 Å². The molecular weight excluding hydrogens is 305 g/mol. The molecule has 2 heterocycles. The summed E-state index contributed by atoms with van der Waals surface area (Å²) in [5.41, 5.74) is -0.644. The lowest BCUT2D eigenvalue weighted by Crippen LogP contribution is -2.50. The summed E-state index contributed by atoms with van der Waals surface area (Å²) in [5, 5.41) is 3.53. The first-order valence-corrected chi connectivity index (χ1v) is 8.15. The molecule has 1 aromatic rings. The van der Waals surface area contributed by atoms with Gasteiger partial charge in [0, 0.05) is 24.7 Å². The van der Waals surface area contributed by atoms with Crippen LogP contribution in [0.4, 0.5) is 13.2 Å². The Hall–Kier alpha value is -1.56. The van der Waals surface area contributed by atoms with Crippen LogP contribution in [0, 0.1) is 5.92 Å². The highest BCUT2D eigenvalue weighted by Gasteiger charge is 2.34. The molecule has 2 saturated heterocycles. The Kier molecular flexibility index (Phi) is 4.62. The Morgan fingerprint density at radius 3 is 2.83 bits per heavy atom. The summed E-state index contributed by atoms with van der Waals surface area (Å²) in [7, 11) is 0. The lowest BCUT2D eigenvalue weighted by molar-refractivity contribution is -0.137. The molecule has 0 bridgehead atoms. The fraction of sp³-hybridized carbons (Fsp3) is 0.588. The molecule has 0 aliphatic carbocycles. The number of benzene rings is 1. The number of piperidine rings is 1. The van der Waals surface area contributed by atoms with Crippen LogP contribution >= 0.6 is 0 Å². The van der Waals surface area contributed by atoms with Gasteiger partial charge in [-0.2, -0.15) is 13.2 Å². The number of nitrogens with one attached hydrogen (secondary N) is 1. The Morgan fingerprint density at radius 2 is 2.04 bits per heavy atom. The molecule has 23 heavy (non-hydrogen) atoms. The van der Waals surface area contributed by atoms with Crippen LogP contribution in [0.1, 0.15) is 41.6 Å². The number of alkyl halides is 3. The van der Waals surface area contributed by atoms with E-state index in [1.54, 1.807) is 4.90 Å². The van der Waals surface area contributed by atoms with E-state index in [1.165, 1.54) is 12.1 Å². The van der Waals surface area contributed by atoms with Crippen molar-refractivity contribution in [2.45, 2.75) is 37.9 Å². The Bertz CT molecular complexity index is 573. The number of carbonyl (C=O) groups is 1. The van der Waals surface area contributed by atoms with Gasteiger partial charge in [0.15, 0.2) is 0 Å². The van der Waals surface area contributed by atoms with Crippen molar-refractivity contribution in [3.8, 4) is 0 Å². The lowest BCUT2D eigenvalue weighted by Gasteiger charge is -2.38. The molecule has 2 atom stereocenters. The SMILES string of the molecule is O=C(c1cccc(C(F)(F)F)c1)N1CC[C@H]2NCCCC[C@@H]2C1. The second-order valence-electron chi connectivity index (χ2n) is 6.43. The summed E-state index contributed by atoms with van der Waals surface area (Å²) in [5.74, 6) is 0.111. The molecule has 1 amide bonds. The van der Waals surface area contributed by atoms with Crippen molar-refractivity contribution in [3.63, 3.8) is 0 Å². The zero-order valence-electron chi connectivity index (χ0n) is 12.9. The van der Waals surface area contributed by atoms with Gasteiger partial charge in [0.2, 0.25) is 0 Å². The third-order valence-electron chi connectivity index (χ3n) is 4.87. The number of fused-ring (bicyclic) bond motifs is 1. The van der Waals surface area contributed by atoms with Gasteiger partial charge in [0.25, 0.3) is 5.91 Å². The van der Waals surface area contributed by atoms with Crippen LogP contribution in [0.3, 0.4) is 0 Å². The van der Waals surface area contributed by atoms with E-state index in [0.29, 0.717) is 25.0 Å². The minimum Gasteiger partial charge on any atom is -0.338 e. The smallest absolute Gasteiger partial charge is 0.338 e. The van der Waals surface area contributed by atoms with Crippen LogP contribution < -0.4 is 5.32 Å². The normalized spacial score (nSPS) is 25.6. The summed E-state index contributed by atoms with van der Waals surface area (Å²) in [6.07, 6.45) is -0.192. The maximum absolute atomic E-state index is 12.8. The summed E-state index contributed by atoms with van der Waals surface area (Å²) >= 11 is 0. The monoisotopic (exact) mass is 326 g/mol. The Balaban J connectivity index is 1.73. The summed E-state index contributed by atoms with van der Waals surface area (Å²) in [6.45, 7) is 2.25. The van der Waals surface area contributed by atoms with E-state index < -0.39 is 11.7 Å². The number of nitrogens with zero attached hydrogens (tertiary/aromatic N) is 1. The first-order chi connectivity index (χ1) is 10.9. The molecule has 3 rings (SSSR count). The second-order valence-corrected chi connectivity index (χ2v) is 6.43. The fourth-order valence-corrected chi connectivity index (χ4v) is 3.61. The van der Waals surface area contributed by atoms with Crippen molar-refractivity contribution in [2.75, 3.05) is 19.6 Å². The molecule has 2 aliphatic heterocycles. The topological polar surface area (TPSA) is 32.3 Å². The van der Waals surface area contributed by atoms with Crippen LogP contribution in [0.5, 0.6) is 0 Å². The summed E-state index contributed by atoms with van der Waals surface area (Å²) < 4.78 is 38.4. The van der Waals surface area contributed by atoms with Crippen LogP contribution in [-0.2, 0) is 6.18 Å². The molecule has 0 radical (unpaired) electrons. The van der Waals surface area contributed by atoms with E-state index in [9.17, 15) is 18.0 Å². The zero-order valence-corrected chi connectivity index (χ0v) is 12.9. The highest BCUT2D eigenvalue weighted by atomic mass is 19.4. The second kappa shape index (κ2) is 6.51. The van der Waals surface area contributed by atoms with Gasteiger partial charge in [-0.05, 0) is 49.9 Å². The number of hydrogen-bond donors (Lipinski definition) is 1. The highest BCUT2D eigenvalue weighted by Crippen LogP contribution is 2.30. The average molecular weight is 326 g/mol. The van der Waals surface area contributed by atoms with Crippen LogP contribution in [-0.4, -0.2) is 36.5 Å². The van der Waals surface area contributed by atoms with E-state index in [4.69, 9.17) is 0 Å². The molecule has 1 N–H and O–H groups in total. The Labute approximate surface area is 133 Å². The minimum absolute atomic E-state index is 0.125. The molecule has 3 nitrogen and oxygen atoms in total. The maximum Gasteiger partial charge on any atom is 0.416 e. The van der Waals surface area contributed by atoms with Crippen molar-refractivity contribution >= 4 is 5.91 Å². The summed E-state index contributed by atoms with van der Waals surface area (Å²) in [6, 6.07) is 5.16. The van der Waals surface area contributed by atoms with Crippen molar-refractivity contribution in [1.29, 1.82) is 0 Å². The van der Waals surface area contributed by atoms with E-state index in [-0.39, 0.29) is 11.5 Å². The molecule has 6 heteroatoms. The first-order valence-electron chi connectivity index (χ1n) is 8.15. The van der Waals surface area contributed by atoms with Gasteiger partial charge in [-0.3, -0.25) is 4.79 Å². The molecule has 2 aliphatic rings. The van der Waals surface area contributed by atoms with Crippen LogP contribution in [0.2, 0.25) is 0 Å². The molecule has 126 valence electrons.